The third kappa shape index (κ3) is 4.19. The monoisotopic (exact) mass is 619 g/mol. The highest BCUT2D eigenvalue weighted by Crippen LogP contribution is 2.70. The molecule has 9 atom stereocenters. The number of ketones is 2. The van der Waals surface area contributed by atoms with Crippen LogP contribution in [0.1, 0.15) is 71.6 Å². The zero-order chi connectivity index (χ0) is 29.6. The number of allylic oxidation sites excluding steroid dienone is 4. The second-order valence-corrected chi connectivity index (χ2v) is 16.6. The van der Waals surface area contributed by atoms with E-state index in [-0.39, 0.29) is 52.9 Å². The van der Waals surface area contributed by atoms with Crippen LogP contribution in [-0.4, -0.2) is 51.5 Å². The number of aliphatic hydroxyl groups is 1. The number of thiazole rings is 1. The lowest BCUT2D eigenvalue weighted by atomic mass is 9.46. The summed E-state index contributed by atoms with van der Waals surface area (Å²) in [5.41, 5.74) is 0.138. The summed E-state index contributed by atoms with van der Waals surface area (Å²) in [4.78, 5) is 31.8. The van der Waals surface area contributed by atoms with Crippen LogP contribution in [-0.2, 0) is 19.1 Å². The summed E-state index contributed by atoms with van der Waals surface area (Å²) >= 11 is 3.14. The molecule has 2 aromatic rings. The number of rotatable bonds is 5. The minimum absolute atomic E-state index is 0.00664. The smallest absolute Gasteiger partial charge is 0.178 e. The minimum atomic E-state index is -1.08. The van der Waals surface area contributed by atoms with Crippen LogP contribution in [0, 0.1) is 34.5 Å². The lowest BCUT2D eigenvalue weighted by Gasteiger charge is -2.59. The average molecular weight is 620 g/mol. The van der Waals surface area contributed by atoms with Crippen LogP contribution >= 0.6 is 23.1 Å². The van der Waals surface area contributed by atoms with Crippen molar-refractivity contribution in [3.05, 3.63) is 48.1 Å². The van der Waals surface area contributed by atoms with Crippen LogP contribution in [0.4, 0.5) is 0 Å². The Morgan fingerprint density at radius 3 is 2.79 bits per heavy atom. The van der Waals surface area contributed by atoms with E-state index in [0.717, 1.165) is 52.2 Å². The summed E-state index contributed by atoms with van der Waals surface area (Å²) in [6, 6.07) is 8.10. The lowest BCUT2D eigenvalue weighted by molar-refractivity contribution is -0.207. The molecule has 0 radical (unpaired) electrons. The lowest BCUT2D eigenvalue weighted by Crippen LogP contribution is -2.63. The zero-order valence-electron chi connectivity index (χ0n) is 25.0. The molecule has 1 aliphatic heterocycles. The Hall–Kier alpha value is -1.84. The number of aliphatic hydroxyl groups excluding tert-OH is 1. The first-order valence-corrected chi connectivity index (χ1v) is 18.0. The van der Waals surface area contributed by atoms with Gasteiger partial charge in [0, 0.05) is 22.7 Å². The van der Waals surface area contributed by atoms with Gasteiger partial charge in [-0.25, -0.2) is 4.98 Å². The zero-order valence-corrected chi connectivity index (χ0v) is 26.6. The minimum Gasteiger partial charge on any atom is -0.393 e. The number of ether oxygens (including phenoxy) is 2. The first-order chi connectivity index (χ1) is 20.7. The van der Waals surface area contributed by atoms with Crippen molar-refractivity contribution < 1.29 is 24.2 Å². The second kappa shape index (κ2) is 10.3. The molecule has 5 fully saturated rings. The fraction of sp³-hybridized carbons (Fsp3) is 0.629. The van der Waals surface area contributed by atoms with Crippen LogP contribution in [0.2, 0.25) is 0 Å². The van der Waals surface area contributed by atoms with E-state index in [4.69, 9.17) is 14.5 Å². The number of hydrogen-bond donors (Lipinski definition) is 1. The van der Waals surface area contributed by atoms with E-state index in [1.54, 1.807) is 23.5 Å². The normalized spacial score (nSPS) is 42.3. The third-order valence-electron chi connectivity index (χ3n) is 12.3. The Bertz CT molecular complexity index is 1490. The van der Waals surface area contributed by atoms with Crippen LogP contribution in [0.5, 0.6) is 0 Å². The maximum absolute atomic E-state index is 14.7. The molecule has 5 aliphatic carbocycles. The molecule has 1 aromatic carbocycles. The summed E-state index contributed by atoms with van der Waals surface area (Å²) in [6.45, 7) is 4.42. The molecule has 1 saturated heterocycles. The first-order valence-electron chi connectivity index (χ1n) is 16.2. The molecule has 8 rings (SSSR count). The number of carbonyl (C=O) groups is 2. The molecule has 228 valence electrons. The molecule has 43 heavy (non-hydrogen) atoms. The Balaban J connectivity index is 1.13. The topological polar surface area (TPSA) is 85.7 Å². The number of carbonyl (C=O) groups excluding carboxylic acids is 2. The predicted molar refractivity (Wildman–Crippen MR) is 168 cm³/mol. The fourth-order valence-electron chi connectivity index (χ4n) is 10.4. The highest BCUT2D eigenvalue weighted by Gasteiger charge is 2.76. The van der Waals surface area contributed by atoms with Crippen molar-refractivity contribution in [1.29, 1.82) is 0 Å². The van der Waals surface area contributed by atoms with Crippen molar-refractivity contribution in [2.75, 3.05) is 5.75 Å². The quantitative estimate of drug-likeness (QED) is 0.364. The van der Waals surface area contributed by atoms with E-state index in [2.05, 4.69) is 19.9 Å². The SMILES string of the molecule is CC12C=CC(=O)C=C1CCC1C2[C@@H](O)CC2(C)C1C[C@H]1OC(C3CCCCC3)O[C@]12C(=O)CSc1nc2ccccc2s1. The molecule has 6 aliphatic rings. The number of nitrogens with zero attached hydrogens (tertiary/aromatic N) is 1. The van der Waals surface area contributed by atoms with Gasteiger partial charge in [-0.1, -0.05) is 68.7 Å². The van der Waals surface area contributed by atoms with Gasteiger partial charge in [-0.3, -0.25) is 9.59 Å². The van der Waals surface area contributed by atoms with Crippen molar-refractivity contribution in [1.82, 2.24) is 4.98 Å². The van der Waals surface area contributed by atoms with E-state index >= 15 is 0 Å². The van der Waals surface area contributed by atoms with Crippen molar-refractivity contribution in [2.45, 2.75) is 100 Å². The van der Waals surface area contributed by atoms with Crippen LogP contribution in [0.15, 0.2) is 52.4 Å². The molecule has 6 nitrogen and oxygen atoms in total. The molecule has 2 heterocycles. The summed E-state index contributed by atoms with van der Waals surface area (Å²) in [6.07, 6.45) is 13.1. The summed E-state index contributed by atoms with van der Waals surface area (Å²) < 4.78 is 16.0. The van der Waals surface area contributed by atoms with Gasteiger partial charge >= 0.3 is 0 Å². The Morgan fingerprint density at radius 2 is 1.98 bits per heavy atom. The highest BCUT2D eigenvalue weighted by atomic mass is 32.2. The summed E-state index contributed by atoms with van der Waals surface area (Å²) in [7, 11) is 0. The van der Waals surface area contributed by atoms with E-state index in [9.17, 15) is 14.7 Å². The maximum atomic E-state index is 14.7. The molecule has 8 heteroatoms. The van der Waals surface area contributed by atoms with Crippen LogP contribution < -0.4 is 0 Å². The molecule has 0 bridgehead atoms. The third-order valence-corrected chi connectivity index (χ3v) is 14.5. The van der Waals surface area contributed by atoms with E-state index in [0.29, 0.717) is 12.3 Å². The Kier molecular flexibility index (Phi) is 6.89. The molecule has 6 unspecified atom stereocenters. The molecule has 4 saturated carbocycles. The van der Waals surface area contributed by atoms with E-state index in [1.807, 2.05) is 24.3 Å². The standard InChI is InChI=1S/C35H41NO5S2/c1-33-15-14-22(37)16-21(33)12-13-23-24-17-29-35(34(24,2)18-26(38)30(23)33,41-31(40-29)20-8-4-3-5-9-20)28(39)19-42-32-36-25-10-6-7-11-27(25)43-32/h6-7,10-11,14-16,20,23-24,26,29-31,38H,3-5,8-9,12-13,17-19H2,1-2H3/t23?,24?,26-,29+,30?,31?,33?,34?,35+/m0/s1. The summed E-state index contributed by atoms with van der Waals surface area (Å²) in [5, 5.41) is 12.0. The van der Waals surface area contributed by atoms with E-state index < -0.39 is 17.1 Å². The van der Waals surface area contributed by atoms with Crippen LogP contribution in [0.3, 0.4) is 0 Å². The highest BCUT2D eigenvalue weighted by molar-refractivity contribution is 8.01. The Morgan fingerprint density at radius 1 is 1.16 bits per heavy atom. The molecule has 0 spiro atoms. The number of Topliss-reactive ketones (excluding diaryl/α,β-unsaturated/α-hetero) is 1. The van der Waals surface area contributed by atoms with Gasteiger partial charge in [0.1, 0.15) is 0 Å². The van der Waals surface area contributed by atoms with Crippen LogP contribution in [0.25, 0.3) is 10.2 Å². The number of fused-ring (bicyclic) bond motifs is 8. The van der Waals surface area contributed by atoms with Crippen molar-refractivity contribution in [3.8, 4) is 0 Å². The molecule has 1 N–H and O–H groups in total. The maximum Gasteiger partial charge on any atom is 0.178 e. The van der Waals surface area contributed by atoms with Crippen molar-refractivity contribution >= 4 is 44.9 Å². The van der Waals surface area contributed by atoms with Gasteiger partial charge in [-0.05, 0) is 74.6 Å². The first kappa shape index (κ1) is 28.6. The average Bonchev–Trinajstić information content (AvgIpc) is 3.66. The summed E-state index contributed by atoms with van der Waals surface area (Å²) in [5.74, 6) is 1.14. The van der Waals surface area contributed by atoms with Gasteiger partial charge < -0.3 is 14.6 Å². The van der Waals surface area contributed by atoms with Gasteiger partial charge in [0.05, 0.1) is 28.2 Å². The fourth-order valence-corrected chi connectivity index (χ4v) is 12.4. The Labute approximate surface area is 261 Å². The predicted octanol–water partition coefficient (Wildman–Crippen LogP) is 6.91. The van der Waals surface area contributed by atoms with Crippen molar-refractivity contribution in [3.63, 3.8) is 0 Å². The van der Waals surface area contributed by atoms with Gasteiger partial charge in [0.25, 0.3) is 0 Å². The number of benzene rings is 1. The molecule has 0 amide bonds. The number of aromatic nitrogens is 1. The molecular weight excluding hydrogens is 579 g/mol. The number of thioether (sulfide) groups is 1. The second-order valence-electron chi connectivity index (χ2n) is 14.4. The largest absolute Gasteiger partial charge is 0.393 e. The van der Waals surface area contributed by atoms with Gasteiger partial charge in [0.15, 0.2) is 27.8 Å². The van der Waals surface area contributed by atoms with Gasteiger partial charge in [-0.15, -0.1) is 11.3 Å². The van der Waals surface area contributed by atoms with Gasteiger partial charge in [-0.2, -0.15) is 0 Å². The molecule has 1 aromatic heterocycles. The number of hydrogen-bond acceptors (Lipinski definition) is 8. The van der Waals surface area contributed by atoms with Crippen molar-refractivity contribution in [2.24, 2.45) is 34.5 Å². The number of para-hydroxylation sites is 1. The van der Waals surface area contributed by atoms with Gasteiger partial charge in [0.2, 0.25) is 0 Å². The van der Waals surface area contributed by atoms with E-state index in [1.165, 1.54) is 31.0 Å². The molecular formula is C35H41NO5S2.